The van der Waals surface area contributed by atoms with Gasteiger partial charge in [-0.25, -0.2) is 4.98 Å². The molecule has 1 aliphatic heterocycles. The van der Waals surface area contributed by atoms with Crippen molar-refractivity contribution in [1.82, 2.24) is 10.3 Å². The van der Waals surface area contributed by atoms with Gasteiger partial charge in [0.2, 0.25) is 5.88 Å². The Morgan fingerprint density at radius 2 is 2.50 bits per heavy atom. The molecule has 3 nitrogen and oxygen atoms in total. The van der Waals surface area contributed by atoms with Crippen LogP contribution in [0.1, 0.15) is 18.4 Å². The van der Waals surface area contributed by atoms with E-state index in [4.69, 9.17) is 4.74 Å². The summed E-state index contributed by atoms with van der Waals surface area (Å²) >= 11 is 2.05. The summed E-state index contributed by atoms with van der Waals surface area (Å²) in [5.41, 5.74) is 1.22. The minimum atomic E-state index is 0.667. The molecule has 1 aromatic heterocycles. The summed E-state index contributed by atoms with van der Waals surface area (Å²) in [6.07, 6.45) is 4.52. The van der Waals surface area contributed by atoms with Crippen LogP contribution >= 0.6 is 11.8 Å². The minimum Gasteiger partial charge on any atom is -0.481 e. The van der Waals surface area contributed by atoms with E-state index in [1.807, 2.05) is 24.0 Å². The van der Waals surface area contributed by atoms with Crippen molar-refractivity contribution in [2.45, 2.75) is 25.4 Å². The molecule has 16 heavy (non-hydrogen) atoms. The number of pyridine rings is 1. The van der Waals surface area contributed by atoms with Crippen LogP contribution < -0.4 is 10.1 Å². The maximum atomic E-state index is 5.03. The Labute approximate surface area is 101 Å². The van der Waals surface area contributed by atoms with Gasteiger partial charge < -0.3 is 10.1 Å². The first-order chi connectivity index (χ1) is 7.88. The largest absolute Gasteiger partial charge is 0.481 e. The topological polar surface area (TPSA) is 34.1 Å². The first kappa shape index (κ1) is 11.7. The van der Waals surface area contributed by atoms with Crippen LogP contribution in [0.5, 0.6) is 5.88 Å². The van der Waals surface area contributed by atoms with E-state index in [2.05, 4.69) is 16.4 Å². The van der Waals surface area contributed by atoms with Gasteiger partial charge in [-0.2, -0.15) is 11.8 Å². The smallest absolute Gasteiger partial charge is 0.212 e. The predicted octanol–water partition coefficient (Wildman–Crippen LogP) is 2.08. The summed E-state index contributed by atoms with van der Waals surface area (Å²) in [6, 6.07) is 4.64. The molecule has 1 fully saturated rings. The highest BCUT2D eigenvalue weighted by atomic mass is 32.2. The molecule has 1 aliphatic rings. The lowest BCUT2D eigenvalue weighted by Gasteiger charge is -2.22. The normalized spacial score (nSPS) is 20.7. The second-order valence-corrected chi connectivity index (χ2v) is 5.15. The highest BCUT2D eigenvalue weighted by Crippen LogP contribution is 2.17. The minimum absolute atomic E-state index is 0.667. The average molecular weight is 238 g/mol. The quantitative estimate of drug-likeness (QED) is 0.871. The van der Waals surface area contributed by atoms with Gasteiger partial charge in [-0.05, 0) is 24.2 Å². The van der Waals surface area contributed by atoms with E-state index in [-0.39, 0.29) is 0 Å². The number of hydrogen-bond donors (Lipinski definition) is 1. The number of thioether (sulfide) groups is 1. The van der Waals surface area contributed by atoms with Crippen LogP contribution in [0.25, 0.3) is 0 Å². The van der Waals surface area contributed by atoms with E-state index in [1.165, 1.54) is 29.9 Å². The molecule has 0 spiro atoms. The molecule has 1 atom stereocenters. The fourth-order valence-electron chi connectivity index (χ4n) is 1.80. The molecule has 1 aromatic rings. The summed E-state index contributed by atoms with van der Waals surface area (Å²) < 4.78 is 5.03. The van der Waals surface area contributed by atoms with Crippen molar-refractivity contribution >= 4 is 11.8 Å². The van der Waals surface area contributed by atoms with Crippen molar-refractivity contribution in [2.75, 3.05) is 18.6 Å². The van der Waals surface area contributed by atoms with Crippen LogP contribution in [0.15, 0.2) is 18.3 Å². The first-order valence-corrected chi connectivity index (χ1v) is 6.84. The molecule has 0 aliphatic carbocycles. The molecule has 0 radical (unpaired) electrons. The lowest BCUT2D eigenvalue weighted by Crippen LogP contribution is -2.33. The number of aromatic nitrogens is 1. The van der Waals surface area contributed by atoms with Gasteiger partial charge in [0.05, 0.1) is 7.11 Å². The van der Waals surface area contributed by atoms with E-state index in [9.17, 15) is 0 Å². The number of hydrogen-bond acceptors (Lipinski definition) is 4. The summed E-state index contributed by atoms with van der Waals surface area (Å²) in [6.45, 7) is 0.905. The standard InChI is InChI=1S/C12H18N2OS/c1-15-12-5-4-10(8-14-12)7-13-11-3-2-6-16-9-11/h4-5,8,11,13H,2-3,6-7,9H2,1H3. The van der Waals surface area contributed by atoms with Crippen molar-refractivity contribution in [2.24, 2.45) is 0 Å². The lowest BCUT2D eigenvalue weighted by atomic mass is 10.2. The molecular weight excluding hydrogens is 220 g/mol. The van der Waals surface area contributed by atoms with Crippen molar-refractivity contribution in [1.29, 1.82) is 0 Å². The van der Waals surface area contributed by atoms with E-state index in [0.29, 0.717) is 11.9 Å². The number of nitrogens with one attached hydrogen (secondary N) is 1. The van der Waals surface area contributed by atoms with Crippen LogP contribution in [-0.4, -0.2) is 29.6 Å². The second kappa shape index (κ2) is 6.11. The highest BCUT2D eigenvalue weighted by molar-refractivity contribution is 7.99. The Kier molecular flexibility index (Phi) is 4.48. The van der Waals surface area contributed by atoms with Gasteiger partial charge in [0, 0.05) is 30.6 Å². The molecule has 0 aromatic carbocycles. The molecule has 0 saturated carbocycles. The van der Waals surface area contributed by atoms with Crippen LogP contribution in [0.4, 0.5) is 0 Å². The molecular formula is C12H18N2OS. The van der Waals surface area contributed by atoms with Gasteiger partial charge in [-0.1, -0.05) is 6.07 Å². The Morgan fingerprint density at radius 3 is 3.12 bits per heavy atom. The lowest BCUT2D eigenvalue weighted by molar-refractivity contribution is 0.397. The SMILES string of the molecule is COc1ccc(CNC2CCCSC2)cn1. The zero-order valence-electron chi connectivity index (χ0n) is 9.61. The Bertz CT molecular complexity index is 309. The second-order valence-electron chi connectivity index (χ2n) is 4.00. The molecule has 2 rings (SSSR count). The molecule has 0 bridgehead atoms. The third-order valence-electron chi connectivity index (χ3n) is 2.76. The van der Waals surface area contributed by atoms with Gasteiger partial charge in [0.25, 0.3) is 0 Å². The fraction of sp³-hybridized carbons (Fsp3) is 0.583. The Balaban J connectivity index is 1.79. The van der Waals surface area contributed by atoms with Gasteiger partial charge in [-0.3, -0.25) is 0 Å². The van der Waals surface area contributed by atoms with Gasteiger partial charge in [0.1, 0.15) is 0 Å². The molecule has 0 amide bonds. The van der Waals surface area contributed by atoms with Gasteiger partial charge >= 0.3 is 0 Å². The monoisotopic (exact) mass is 238 g/mol. The third-order valence-corrected chi connectivity index (χ3v) is 3.98. The van der Waals surface area contributed by atoms with E-state index >= 15 is 0 Å². The highest BCUT2D eigenvalue weighted by Gasteiger charge is 2.12. The van der Waals surface area contributed by atoms with E-state index in [0.717, 1.165) is 6.54 Å². The Morgan fingerprint density at radius 1 is 1.56 bits per heavy atom. The molecule has 88 valence electrons. The van der Waals surface area contributed by atoms with Crippen LogP contribution in [0, 0.1) is 0 Å². The van der Waals surface area contributed by atoms with E-state index < -0.39 is 0 Å². The molecule has 2 heterocycles. The predicted molar refractivity (Wildman–Crippen MR) is 68.0 cm³/mol. The maximum Gasteiger partial charge on any atom is 0.212 e. The molecule has 4 heteroatoms. The van der Waals surface area contributed by atoms with Gasteiger partial charge in [0.15, 0.2) is 0 Å². The van der Waals surface area contributed by atoms with Crippen molar-refractivity contribution in [3.05, 3.63) is 23.9 Å². The summed E-state index contributed by atoms with van der Waals surface area (Å²) in [5.74, 6) is 3.24. The zero-order valence-corrected chi connectivity index (χ0v) is 10.4. The number of nitrogens with zero attached hydrogens (tertiary/aromatic N) is 1. The van der Waals surface area contributed by atoms with Crippen LogP contribution in [0.2, 0.25) is 0 Å². The summed E-state index contributed by atoms with van der Waals surface area (Å²) in [7, 11) is 1.64. The number of ether oxygens (including phenoxy) is 1. The van der Waals surface area contributed by atoms with Crippen LogP contribution in [0.3, 0.4) is 0 Å². The number of rotatable bonds is 4. The third kappa shape index (κ3) is 3.39. The first-order valence-electron chi connectivity index (χ1n) is 5.68. The molecule has 1 N–H and O–H groups in total. The summed E-state index contributed by atoms with van der Waals surface area (Å²) in [4.78, 5) is 4.19. The zero-order chi connectivity index (χ0) is 11.2. The fourth-order valence-corrected chi connectivity index (χ4v) is 2.91. The Hall–Kier alpha value is -0.740. The van der Waals surface area contributed by atoms with Crippen molar-refractivity contribution < 1.29 is 4.74 Å². The molecule has 1 saturated heterocycles. The van der Waals surface area contributed by atoms with E-state index in [1.54, 1.807) is 7.11 Å². The van der Waals surface area contributed by atoms with Crippen molar-refractivity contribution in [3.63, 3.8) is 0 Å². The van der Waals surface area contributed by atoms with Crippen molar-refractivity contribution in [3.8, 4) is 5.88 Å². The maximum absolute atomic E-state index is 5.03. The average Bonchev–Trinajstić information content (AvgIpc) is 2.38. The van der Waals surface area contributed by atoms with Gasteiger partial charge in [-0.15, -0.1) is 0 Å². The molecule has 1 unspecified atom stereocenters. The summed E-state index contributed by atoms with van der Waals surface area (Å²) in [5, 5.41) is 3.57. The number of methoxy groups -OCH3 is 1. The van der Waals surface area contributed by atoms with Crippen LogP contribution in [-0.2, 0) is 6.54 Å².